The van der Waals surface area contributed by atoms with E-state index >= 15 is 0 Å². The number of ether oxygens (including phenoxy) is 1. The van der Waals surface area contributed by atoms with Crippen LogP contribution in [0, 0.1) is 0 Å². The molecular formula is C10H17N5O. The average molecular weight is 223 g/mol. The second kappa shape index (κ2) is 5.89. The lowest BCUT2D eigenvalue weighted by Crippen LogP contribution is -2.25. The Balaban J connectivity index is 2.92. The van der Waals surface area contributed by atoms with Crippen LogP contribution in [0.15, 0.2) is 12.7 Å². The molecule has 1 heterocycles. The van der Waals surface area contributed by atoms with Gasteiger partial charge in [-0.1, -0.05) is 12.7 Å². The SMILES string of the molecule is C=CCOc1nc(N)nc(N(CC)CC)n1. The Morgan fingerprint density at radius 3 is 2.56 bits per heavy atom. The minimum atomic E-state index is 0.163. The third-order valence-corrected chi connectivity index (χ3v) is 2.00. The van der Waals surface area contributed by atoms with Crippen LogP contribution in [-0.2, 0) is 0 Å². The Bertz CT molecular complexity index is 351. The van der Waals surface area contributed by atoms with E-state index in [2.05, 4.69) is 21.5 Å². The van der Waals surface area contributed by atoms with Crippen LogP contribution in [-0.4, -0.2) is 34.6 Å². The smallest absolute Gasteiger partial charge is 0.323 e. The molecule has 0 spiro atoms. The van der Waals surface area contributed by atoms with Gasteiger partial charge in [-0.25, -0.2) is 0 Å². The lowest BCUT2D eigenvalue weighted by Gasteiger charge is -2.18. The first kappa shape index (κ1) is 12.2. The molecule has 0 saturated heterocycles. The van der Waals surface area contributed by atoms with Crippen LogP contribution >= 0.6 is 0 Å². The Kier molecular flexibility index (Phi) is 4.50. The molecular weight excluding hydrogens is 206 g/mol. The molecule has 0 aliphatic carbocycles. The summed E-state index contributed by atoms with van der Waals surface area (Å²) in [7, 11) is 0. The summed E-state index contributed by atoms with van der Waals surface area (Å²) in [6.45, 7) is 9.55. The number of hydrogen-bond acceptors (Lipinski definition) is 6. The van der Waals surface area contributed by atoms with Crippen molar-refractivity contribution in [2.45, 2.75) is 13.8 Å². The summed E-state index contributed by atoms with van der Waals surface area (Å²) in [5.74, 6) is 0.701. The van der Waals surface area contributed by atoms with Gasteiger partial charge >= 0.3 is 6.01 Å². The first-order chi connectivity index (χ1) is 7.71. The second-order valence-electron chi connectivity index (χ2n) is 3.05. The maximum absolute atomic E-state index is 5.58. The molecule has 0 aliphatic heterocycles. The summed E-state index contributed by atoms with van der Waals surface area (Å²) >= 11 is 0. The topological polar surface area (TPSA) is 77.2 Å². The molecule has 0 aromatic carbocycles. The van der Waals surface area contributed by atoms with E-state index in [0.29, 0.717) is 12.6 Å². The summed E-state index contributed by atoms with van der Waals surface area (Å²) < 4.78 is 5.23. The van der Waals surface area contributed by atoms with E-state index in [1.807, 2.05) is 18.7 Å². The van der Waals surface area contributed by atoms with Crippen LogP contribution in [0.3, 0.4) is 0 Å². The van der Waals surface area contributed by atoms with Crippen molar-refractivity contribution in [1.29, 1.82) is 0 Å². The van der Waals surface area contributed by atoms with Crippen molar-refractivity contribution < 1.29 is 4.74 Å². The molecule has 1 aromatic rings. The lowest BCUT2D eigenvalue weighted by atomic mass is 10.5. The normalized spacial score (nSPS) is 9.88. The number of nitrogens with zero attached hydrogens (tertiary/aromatic N) is 4. The van der Waals surface area contributed by atoms with Gasteiger partial charge in [-0.3, -0.25) is 0 Å². The third kappa shape index (κ3) is 3.08. The van der Waals surface area contributed by atoms with Gasteiger partial charge in [0.1, 0.15) is 6.61 Å². The van der Waals surface area contributed by atoms with Gasteiger partial charge in [0.15, 0.2) is 0 Å². The molecule has 0 fully saturated rings. The van der Waals surface area contributed by atoms with Gasteiger partial charge in [0.25, 0.3) is 0 Å². The fourth-order valence-electron chi connectivity index (χ4n) is 1.21. The number of hydrogen-bond donors (Lipinski definition) is 1. The zero-order chi connectivity index (χ0) is 12.0. The van der Waals surface area contributed by atoms with E-state index in [4.69, 9.17) is 10.5 Å². The maximum atomic E-state index is 5.58. The largest absolute Gasteiger partial charge is 0.459 e. The van der Waals surface area contributed by atoms with Crippen molar-refractivity contribution in [3.05, 3.63) is 12.7 Å². The summed E-state index contributed by atoms with van der Waals surface area (Å²) in [5, 5.41) is 0. The standard InChI is InChI=1S/C10H17N5O/c1-4-7-16-10-13-8(11)12-9(14-10)15(5-2)6-3/h4H,1,5-7H2,2-3H3,(H2,11,12,13,14). The molecule has 0 unspecified atom stereocenters. The Hall–Kier alpha value is -1.85. The molecule has 0 radical (unpaired) electrons. The maximum Gasteiger partial charge on any atom is 0.323 e. The predicted molar refractivity (Wildman–Crippen MR) is 63.5 cm³/mol. The summed E-state index contributed by atoms with van der Waals surface area (Å²) in [6.07, 6.45) is 1.62. The van der Waals surface area contributed by atoms with Gasteiger partial charge in [0.05, 0.1) is 0 Å². The Morgan fingerprint density at radius 2 is 2.00 bits per heavy atom. The van der Waals surface area contributed by atoms with Crippen molar-refractivity contribution in [2.75, 3.05) is 30.3 Å². The quantitative estimate of drug-likeness (QED) is 0.721. The van der Waals surface area contributed by atoms with Crippen LogP contribution in [0.25, 0.3) is 0 Å². The average Bonchev–Trinajstić information content (AvgIpc) is 2.27. The Morgan fingerprint density at radius 1 is 1.31 bits per heavy atom. The van der Waals surface area contributed by atoms with Crippen LogP contribution in [0.5, 0.6) is 6.01 Å². The number of nitrogens with two attached hydrogens (primary N) is 1. The monoisotopic (exact) mass is 223 g/mol. The fraction of sp³-hybridized carbons (Fsp3) is 0.500. The van der Waals surface area contributed by atoms with E-state index in [0.717, 1.165) is 13.1 Å². The van der Waals surface area contributed by atoms with Crippen molar-refractivity contribution in [3.8, 4) is 6.01 Å². The number of aromatic nitrogens is 3. The highest BCUT2D eigenvalue weighted by atomic mass is 16.5. The molecule has 6 heteroatoms. The molecule has 0 amide bonds. The molecule has 0 atom stereocenters. The highest BCUT2D eigenvalue weighted by Crippen LogP contribution is 2.12. The number of rotatable bonds is 6. The van der Waals surface area contributed by atoms with Crippen molar-refractivity contribution >= 4 is 11.9 Å². The van der Waals surface area contributed by atoms with Gasteiger partial charge in [0.2, 0.25) is 11.9 Å². The minimum Gasteiger partial charge on any atom is -0.459 e. The second-order valence-corrected chi connectivity index (χ2v) is 3.05. The van der Waals surface area contributed by atoms with Crippen molar-refractivity contribution in [1.82, 2.24) is 15.0 Å². The van der Waals surface area contributed by atoms with Gasteiger partial charge in [-0.2, -0.15) is 15.0 Å². The van der Waals surface area contributed by atoms with Crippen LogP contribution < -0.4 is 15.4 Å². The molecule has 1 rings (SSSR count). The summed E-state index contributed by atoms with van der Waals surface area (Å²) in [4.78, 5) is 14.1. The number of anilines is 2. The highest BCUT2D eigenvalue weighted by Gasteiger charge is 2.09. The van der Waals surface area contributed by atoms with Crippen molar-refractivity contribution in [3.63, 3.8) is 0 Å². The molecule has 0 bridgehead atoms. The zero-order valence-corrected chi connectivity index (χ0v) is 9.68. The molecule has 88 valence electrons. The minimum absolute atomic E-state index is 0.163. The molecule has 0 aliphatic rings. The van der Waals surface area contributed by atoms with Gasteiger partial charge in [-0.15, -0.1) is 0 Å². The molecule has 1 aromatic heterocycles. The van der Waals surface area contributed by atoms with Crippen LogP contribution in [0.4, 0.5) is 11.9 Å². The molecule has 2 N–H and O–H groups in total. The predicted octanol–water partition coefficient (Wildman–Crippen LogP) is 0.865. The molecule has 16 heavy (non-hydrogen) atoms. The van der Waals surface area contributed by atoms with Crippen LogP contribution in [0.2, 0.25) is 0 Å². The van der Waals surface area contributed by atoms with E-state index in [1.165, 1.54) is 0 Å². The van der Waals surface area contributed by atoms with Gasteiger partial charge in [0, 0.05) is 13.1 Å². The lowest BCUT2D eigenvalue weighted by molar-refractivity contribution is 0.332. The third-order valence-electron chi connectivity index (χ3n) is 2.00. The fourth-order valence-corrected chi connectivity index (χ4v) is 1.21. The van der Waals surface area contributed by atoms with E-state index in [1.54, 1.807) is 6.08 Å². The molecule has 0 saturated carbocycles. The summed E-state index contributed by atoms with van der Waals surface area (Å²) in [5.41, 5.74) is 5.58. The van der Waals surface area contributed by atoms with Crippen LogP contribution in [0.1, 0.15) is 13.8 Å². The Labute approximate surface area is 95.2 Å². The summed E-state index contributed by atoms with van der Waals surface area (Å²) in [6, 6.07) is 0.231. The van der Waals surface area contributed by atoms with E-state index in [9.17, 15) is 0 Å². The first-order valence-electron chi connectivity index (χ1n) is 5.21. The van der Waals surface area contributed by atoms with Gasteiger partial charge in [-0.05, 0) is 13.8 Å². The van der Waals surface area contributed by atoms with E-state index < -0.39 is 0 Å². The zero-order valence-electron chi connectivity index (χ0n) is 9.68. The van der Waals surface area contributed by atoms with Gasteiger partial charge < -0.3 is 15.4 Å². The molecule has 6 nitrogen and oxygen atoms in total. The van der Waals surface area contributed by atoms with E-state index in [-0.39, 0.29) is 12.0 Å². The first-order valence-corrected chi connectivity index (χ1v) is 5.21. The highest BCUT2D eigenvalue weighted by molar-refractivity contribution is 5.35. The number of nitrogen functional groups attached to an aromatic ring is 1. The van der Waals surface area contributed by atoms with Crippen molar-refractivity contribution in [2.24, 2.45) is 0 Å².